The van der Waals surface area contributed by atoms with Crippen molar-refractivity contribution in [2.24, 2.45) is 0 Å². The summed E-state index contributed by atoms with van der Waals surface area (Å²) < 4.78 is 51.2. The Bertz CT molecular complexity index is 1250. The van der Waals surface area contributed by atoms with E-state index in [-0.39, 0.29) is 30.0 Å². The van der Waals surface area contributed by atoms with Gasteiger partial charge in [-0.3, -0.25) is 14.5 Å². The average molecular weight is 492 g/mol. The molecule has 2 heterocycles. The summed E-state index contributed by atoms with van der Waals surface area (Å²) in [5.74, 6) is -3.91. The molecule has 4 amide bonds. The zero-order valence-corrected chi connectivity index (χ0v) is 19.1. The number of nitrogens with zero attached hydrogens (tertiary/aromatic N) is 2. The highest BCUT2D eigenvalue weighted by Crippen LogP contribution is 2.30. The van der Waals surface area contributed by atoms with Gasteiger partial charge < -0.3 is 10.2 Å². The molecule has 2 atom stereocenters. The maximum absolute atomic E-state index is 13.8. The first-order valence-electron chi connectivity index (χ1n) is 10.6. The van der Waals surface area contributed by atoms with E-state index in [0.29, 0.717) is 4.90 Å². The molecule has 2 fully saturated rings. The molecular formula is C23H23F2N3O5S. The summed E-state index contributed by atoms with van der Waals surface area (Å²) in [5, 5.41) is 2.45. The second-order valence-electron chi connectivity index (χ2n) is 8.64. The number of amides is 4. The number of carbonyl (C=O) groups excluding carboxylic acids is 3. The van der Waals surface area contributed by atoms with E-state index in [1.807, 2.05) is 6.07 Å². The van der Waals surface area contributed by atoms with Crippen LogP contribution < -0.4 is 5.32 Å². The number of hydrogen-bond acceptors (Lipinski definition) is 5. The first kappa shape index (κ1) is 23.8. The van der Waals surface area contributed by atoms with Gasteiger partial charge in [-0.25, -0.2) is 22.0 Å². The fraction of sp³-hybridized carbons (Fsp3) is 0.348. The molecule has 0 saturated carbocycles. The van der Waals surface area contributed by atoms with Gasteiger partial charge in [-0.1, -0.05) is 36.4 Å². The summed E-state index contributed by atoms with van der Waals surface area (Å²) in [6.45, 7) is 0.840. The van der Waals surface area contributed by atoms with Crippen molar-refractivity contribution in [2.75, 3.05) is 18.1 Å². The molecule has 0 radical (unpaired) electrons. The fourth-order valence-corrected chi connectivity index (χ4v) is 6.02. The zero-order chi connectivity index (χ0) is 24.7. The Labute approximate surface area is 195 Å². The van der Waals surface area contributed by atoms with Crippen molar-refractivity contribution in [3.8, 4) is 0 Å². The molecule has 1 N–H and O–H groups in total. The lowest BCUT2D eigenvalue weighted by atomic mass is 9.92. The van der Waals surface area contributed by atoms with E-state index in [4.69, 9.17) is 0 Å². The van der Waals surface area contributed by atoms with Gasteiger partial charge in [0.25, 0.3) is 5.91 Å². The minimum Gasteiger partial charge on any atom is -0.333 e. The lowest BCUT2D eigenvalue weighted by Crippen LogP contribution is -2.48. The van der Waals surface area contributed by atoms with E-state index >= 15 is 0 Å². The third-order valence-corrected chi connectivity index (χ3v) is 7.98. The molecule has 0 unspecified atom stereocenters. The SMILES string of the molecule is C[C@]1(c2ccc(F)c(F)c2)NC(=O)N(CC(=O)N(Cc2ccccc2)[C@H]2CCS(=O)(=O)C2)C1=O. The summed E-state index contributed by atoms with van der Waals surface area (Å²) in [5.41, 5.74) is -0.890. The number of rotatable bonds is 6. The fourth-order valence-electron chi connectivity index (χ4n) is 4.29. The summed E-state index contributed by atoms with van der Waals surface area (Å²) in [4.78, 5) is 41.1. The Morgan fingerprint density at radius 1 is 1.15 bits per heavy atom. The van der Waals surface area contributed by atoms with Gasteiger partial charge in [-0.15, -0.1) is 0 Å². The highest BCUT2D eigenvalue weighted by atomic mass is 32.2. The Hall–Kier alpha value is -3.34. The number of urea groups is 1. The van der Waals surface area contributed by atoms with Gasteiger partial charge in [0.2, 0.25) is 5.91 Å². The zero-order valence-electron chi connectivity index (χ0n) is 18.3. The molecule has 2 aliphatic rings. The molecule has 2 aromatic rings. The molecule has 34 heavy (non-hydrogen) atoms. The number of imide groups is 1. The maximum Gasteiger partial charge on any atom is 0.325 e. The summed E-state index contributed by atoms with van der Waals surface area (Å²) >= 11 is 0. The van der Waals surface area contributed by atoms with Crippen LogP contribution in [0.15, 0.2) is 48.5 Å². The van der Waals surface area contributed by atoms with Crippen LogP contribution in [0.1, 0.15) is 24.5 Å². The molecule has 2 aliphatic heterocycles. The van der Waals surface area contributed by atoms with Gasteiger partial charge in [0, 0.05) is 12.6 Å². The number of carbonyl (C=O) groups is 3. The third-order valence-electron chi connectivity index (χ3n) is 6.23. The third kappa shape index (κ3) is 4.52. The van der Waals surface area contributed by atoms with Crippen LogP contribution in [0, 0.1) is 11.6 Å². The number of halogens is 2. The van der Waals surface area contributed by atoms with Crippen molar-refractivity contribution < 1.29 is 31.6 Å². The number of benzene rings is 2. The normalized spacial score (nSPS) is 23.7. The van der Waals surface area contributed by atoms with E-state index in [9.17, 15) is 31.6 Å². The minimum atomic E-state index is -3.30. The molecule has 2 saturated heterocycles. The van der Waals surface area contributed by atoms with Gasteiger partial charge in [0.1, 0.15) is 12.1 Å². The minimum absolute atomic E-state index is 0.0303. The van der Waals surface area contributed by atoms with Gasteiger partial charge in [0.15, 0.2) is 21.5 Å². The second kappa shape index (κ2) is 8.79. The van der Waals surface area contributed by atoms with E-state index in [2.05, 4.69) is 5.32 Å². The van der Waals surface area contributed by atoms with Crippen LogP contribution in [0.4, 0.5) is 13.6 Å². The number of sulfone groups is 1. The van der Waals surface area contributed by atoms with Gasteiger partial charge in [0.05, 0.1) is 11.5 Å². The maximum atomic E-state index is 13.8. The van der Waals surface area contributed by atoms with Crippen LogP contribution in [0.5, 0.6) is 0 Å². The molecule has 0 bridgehead atoms. The summed E-state index contributed by atoms with van der Waals surface area (Å²) in [6, 6.07) is 10.4. The molecule has 4 rings (SSSR count). The van der Waals surface area contributed by atoms with Crippen molar-refractivity contribution in [2.45, 2.75) is 31.5 Å². The van der Waals surface area contributed by atoms with Crippen molar-refractivity contribution in [1.29, 1.82) is 0 Å². The van der Waals surface area contributed by atoms with E-state index in [0.717, 1.165) is 17.7 Å². The van der Waals surface area contributed by atoms with Crippen molar-refractivity contribution >= 4 is 27.7 Å². The first-order chi connectivity index (χ1) is 16.0. The highest BCUT2D eigenvalue weighted by molar-refractivity contribution is 7.91. The predicted octanol–water partition coefficient (Wildman–Crippen LogP) is 1.95. The van der Waals surface area contributed by atoms with Crippen molar-refractivity contribution in [3.05, 3.63) is 71.3 Å². The van der Waals surface area contributed by atoms with Crippen LogP contribution >= 0.6 is 0 Å². The van der Waals surface area contributed by atoms with E-state index in [1.165, 1.54) is 17.9 Å². The standard InChI is InChI=1S/C23H23F2N3O5S/c1-23(16-7-8-18(24)19(25)11-16)21(30)28(22(31)26-23)13-20(29)27(12-15-5-3-2-4-6-15)17-9-10-34(32,33)14-17/h2-8,11,17H,9-10,12-14H2,1H3,(H,26,31)/t17-,23+/m0/s1. The topological polar surface area (TPSA) is 104 Å². The van der Waals surface area contributed by atoms with E-state index < -0.39 is 57.4 Å². The smallest absolute Gasteiger partial charge is 0.325 e. The van der Waals surface area contributed by atoms with Crippen LogP contribution in [0.3, 0.4) is 0 Å². The molecular weight excluding hydrogens is 468 g/mol. The first-order valence-corrected chi connectivity index (χ1v) is 12.5. The molecule has 11 heteroatoms. The lowest BCUT2D eigenvalue weighted by Gasteiger charge is -2.30. The number of nitrogens with one attached hydrogen (secondary N) is 1. The average Bonchev–Trinajstić information content (AvgIpc) is 3.26. The van der Waals surface area contributed by atoms with E-state index in [1.54, 1.807) is 24.3 Å². The Kier molecular flexibility index (Phi) is 6.15. The lowest BCUT2D eigenvalue weighted by molar-refractivity contribution is -0.140. The largest absolute Gasteiger partial charge is 0.333 e. The van der Waals surface area contributed by atoms with Crippen LogP contribution in [-0.4, -0.2) is 60.2 Å². The van der Waals surface area contributed by atoms with Crippen LogP contribution in [-0.2, 0) is 31.5 Å². The molecule has 180 valence electrons. The van der Waals surface area contributed by atoms with Crippen molar-refractivity contribution in [1.82, 2.24) is 15.1 Å². The Balaban J connectivity index is 1.57. The second-order valence-corrected chi connectivity index (χ2v) is 10.9. The highest BCUT2D eigenvalue weighted by Gasteiger charge is 2.50. The molecule has 8 nitrogen and oxygen atoms in total. The predicted molar refractivity (Wildman–Crippen MR) is 118 cm³/mol. The Morgan fingerprint density at radius 3 is 2.47 bits per heavy atom. The molecule has 0 aromatic heterocycles. The van der Waals surface area contributed by atoms with Crippen molar-refractivity contribution in [3.63, 3.8) is 0 Å². The Morgan fingerprint density at radius 2 is 1.85 bits per heavy atom. The monoisotopic (exact) mass is 491 g/mol. The number of hydrogen-bond donors (Lipinski definition) is 1. The summed E-state index contributed by atoms with van der Waals surface area (Å²) in [7, 11) is -3.30. The molecule has 0 spiro atoms. The molecule has 2 aromatic carbocycles. The molecule has 0 aliphatic carbocycles. The van der Waals surface area contributed by atoms with Crippen LogP contribution in [0.2, 0.25) is 0 Å². The van der Waals surface area contributed by atoms with Crippen LogP contribution in [0.25, 0.3) is 0 Å². The summed E-state index contributed by atoms with van der Waals surface area (Å²) in [6.07, 6.45) is 0.258. The quantitative estimate of drug-likeness (QED) is 0.622. The van der Waals surface area contributed by atoms with Gasteiger partial charge in [-0.05, 0) is 36.6 Å². The van der Waals surface area contributed by atoms with Gasteiger partial charge in [-0.2, -0.15) is 0 Å². The van der Waals surface area contributed by atoms with Gasteiger partial charge >= 0.3 is 6.03 Å².